The highest BCUT2D eigenvalue weighted by Gasteiger charge is 2.11. The van der Waals surface area contributed by atoms with E-state index in [0.717, 1.165) is 5.56 Å². The van der Waals surface area contributed by atoms with Gasteiger partial charge in [-0.1, -0.05) is 40.1 Å². The van der Waals surface area contributed by atoms with Crippen molar-refractivity contribution in [3.63, 3.8) is 0 Å². The summed E-state index contributed by atoms with van der Waals surface area (Å²) in [5, 5.41) is 12.9. The van der Waals surface area contributed by atoms with Crippen molar-refractivity contribution in [1.82, 2.24) is 25.3 Å². The summed E-state index contributed by atoms with van der Waals surface area (Å²) in [6.45, 7) is 0.276. The molecule has 2 aromatic carbocycles. The molecule has 7 nitrogen and oxygen atoms in total. The molecule has 0 aliphatic heterocycles. The van der Waals surface area contributed by atoms with E-state index in [4.69, 9.17) is 32.5 Å². The van der Waals surface area contributed by atoms with Crippen molar-refractivity contribution in [3.8, 4) is 17.2 Å². The van der Waals surface area contributed by atoms with Gasteiger partial charge in [0.1, 0.15) is 12.4 Å². The van der Waals surface area contributed by atoms with Crippen LogP contribution in [-0.2, 0) is 12.4 Å². The van der Waals surface area contributed by atoms with Crippen LogP contribution in [0.4, 0.5) is 0 Å². The van der Waals surface area contributed by atoms with Gasteiger partial charge in [0.15, 0.2) is 11.6 Å². The molecule has 4 aromatic rings. The number of rotatable bonds is 7. The van der Waals surface area contributed by atoms with E-state index in [2.05, 4.69) is 25.3 Å². The fraction of sp³-hybridized carbons (Fsp3) is 0.111. The zero-order chi connectivity index (χ0) is 19.3. The molecule has 1 N–H and O–H groups in total. The summed E-state index contributed by atoms with van der Waals surface area (Å²) < 4.78 is 10.9. The van der Waals surface area contributed by atoms with Gasteiger partial charge in [0.05, 0.1) is 5.75 Å². The number of halogens is 2. The van der Waals surface area contributed by atoms with Crippen LogP contribution in [0, 0.1) is 0 Å². The molecule has 0 atom stereocenters. The average molecular weight is 434 g/mol. The fourth-order valence-corrected chi connectivity index (χ4v) is 3.15. The highest BCUT2D eigenvalue weighted by molar-refractivity contribution is 7.98. The monoisotopic (exact) mass is 433 g/mol. The van der Waals surface area contributed by atoms with Crippen LogP contribution >= 0.6 is 35.0 Å². The second kappa shape index (κ2) is 8.64. The summed E-state index contributed by atoms with van der Waals surface area (Å²) in [5.41, 5.74) is 0.813. The number of aromatic nitrogens is 5. The summed E-state index contributed by atoms with van der Waals surface area (Å²) in [6.07, 6.45) is 0. The summed E-state index contributed by atoms with van der Waals surface area (Å²) >= 11 is 13.1. The Morgan fingerprint density at radius 1 is 0.964 bits per heavy atom. The van der Waals surface area contributed by atoms with Crippen molar-refractivity contribution in [3.05, 3.63) is 70.2 Å². The number of hydrogen-bond donors (Lipinski definition) is 1. The third-order valence-electron chi connectivity index (χ3n) is 3.59. The first-order valence-corrected chi connectivity index (χ1v) is 9.91. The maximum atomic E-state index is 5.89. The van der Waals surface area contributed by atoms with Gasteiger partial charge in [0.25, 0.3) is 5.89 Å². The van der Waals surface area contributed by atoms with Crippen LogP contribution in [-0.4, -0.2) is 25.3 Å². The van der Waals surface area contributed by atoms with Gasteiger partial charge in [0.2, 0.25) is 5.16 Å². The second-order valence-electron chi connectivity index (χ2n) is 5.62. The van der Waals surface area contributed by atoms with Gasteiger partial charge in [-0.3, -0.25) is 5.10 Å². The maximum absolute atomic E-state index is 5.89. The smallest absolute Gasteiger partial charge is 0.257 e. The van der Waals surface area contributed by atoms with E-state index < -0.39 is 0 Å². The molecule has 28 heavy (non-hydrogen) atoms. The van der Waals surface area contributed by atoms with Gasteiger partial charge < -0.3 is 9.26 Å². The number of hydrogen-bond acceptors (Lipinski definition) is 7. The molecule has 2 heterocycles. The number of nitrogens with one attached hydrogen (secondary N) is 1. The Bertz CT molecular complexity index is 1050. The molecule has 0 saturated carbocycles. The standard InChI is InChI=1S/C18H13Cl2N5O2S/c19-12-3-1-11(2-4-12)17-21-16(25-27-17)10-28-18-22-15(23-24-18)9-26-14-7-5-13(20)6-8-14/h1-8H,9-10H2,(H,22,23,24). The first kappa shape index (κ1) is 18.8. The first-order valence-electron chi connectivity index (χ1n) is 8.17. The molecule has 0 aliphatic rings. The van der Waals surface area contributed by atoms with Crippen LogP contribution in [0.25, 0.3) is 11.5 Å². The van der Waals surface area contributed by atoms with Crippen LogP contribution < -0.4 is 4.74 Å². The lowest BCUT2D eigenvalue weighted by molar-refractivity contribution is 0.296. The predicted octanol–water partition coefficient (Wildman–Crippen LogP) is 5.03. The van der Waals surface area contributed by atoms with Crippen molar-refractivity contribution in [1.29, 1.82) is 0 Å². The second-order valence-corrected chi connectivity index (χ2v) is 7.43. The lowest BCUT2D eigenvalue weighted by atomic mass is 10.2. The minimum absolute atomic E-state index is 0.276. The Hall–Kier alpha value is -2.55. The molecular weight excluding hydrogens is 421 g/mol. The van der Waals surface area contributed by atoms with Crippen LogP contribution in [0.1, 0.15) is 11.6 Å². The summed E-state index contributed by atoms with van der Waals surface area (Å²) in [5.74, 6) is 2.80. The molecule has 0 radical (unpaired) electrons. The van der Waals surface area contributed by atoms with Gasteiger partial charge in [-0.15, -0.1) is 5.10 Å². The summed E-state index contributed by atoms with van der Waals surface area (Å²) in [6, 6.07) is 14.3. The van der Waals surface area contributed by atoms with Crippen LogP contribution in [0.3, 0.4) is 0 Å². The Labute approximate surface area is 174 Å². The molecule has 0 bridgehead atoms. The Balaban J connectivity index is 1.31. The zero-order valence-electron chi connectivity index (χ0n) is 14.3. The zero-order valence-corrected chi connectivity index (χ0v) is 16.6. The Kier molecular flexibility index (Phi) is 5.80. The number of H-pyrrole nitrogens is 1. The van der Waals surface area contributed by atoms with Crippen molar-refractivity contribution in [2.24, 2.45) is 0 Å². The van der Waals surface area contributed by atoms with Crippen LogP contribution in [0.15, 0.2) is 58.2 Å². The van der Waals surface area contributed by atoms with E-state index >= 15 is 0 Å². The number of thioether (sulfide) groups is 1. The molecule has 10 heteroatoms. The molecular formula is C18H13Cl2N5O2S. The Morgan fingerprint density at radius 2 is 1.68 bits per heavy atom. The predicted molar refractivity (Wildman–Crippen MR) is 106 cm³/mol. The lowest BCUT2D eigenvalue weighted by Gasteiger charge is -2.02. The minimum Gasteiger partial charge on any atom is -0.486 e. The minimum atomic E-state index is 0.276. The van der Waals surface area contributed by atoms with Gasteiger partial charge in [0, 0.05) is 15.6 Å². The highest BCUT2D eigenvalue weighted by atomic mass is 35.5. The van der Waals surface area contributed by atoms with Gasteiger partial charge in [-0.05, 0) is 48.5 Å². The van der Waals surface area contributed by atoms with E-state index in [1.165, 1.54) is 11.8 Å². The Morgan fingerprint density at radius 3 is 2.43 bits per heavy atom. The quantitative estimate of drug-likeness (QED) is 0.408. The van der Waals surface area contributed by atoms with Crippen LogP contribution in [0.2, 0.25) is 10.0 Å². The van der Waals surface area contributed by atoms with E-state index in [0.29, 0.717) is 44.2 Å². The van der Waals surface area contributed by atoms with Crippen molar-refractivity contribution >= 4 is 35.0 Å². The molecule has 2 aromatic heterocycles. The topological polar surface area (TPSA) is 89.7 Å². The van der Waals surface area contributed by atoms with E-state index in [1.54, 1.807) is 36.4 Å². The normalized spacial score (nSPS) is 10.9. The number of nitrogens with zero attached hydrogens (tertiary/aromatic N) is 4. The third kappa shape index (κ3) is 4.83. The van der Waals surface area contributed by atoms with Crippen LogP contribution in [0.5, 0.6) is 5.75 Å². The average Bonchev–Trinajstić information content (AvgIpc) is 3.36. The van der Waals surface area contributed by atoms with E-state index in [9.17, 15) is 0 Å². The molecule has 0 amide bonds. The third-order valence-corrected chi connectivity index (χ3v) is 4.94. The van der Waals surface area contributed by atoms with E-state index in [-0.39, 0.29) is 6.61 Å². The molecule has 4 rings (SSSR count). The SMILES string of the molecule is Clc1ccc(OCc2nc(SCc3noc(-c4ccc(Cl)cc4)n3)n[nH]2)cc1. The lowest BCUT2D eigenvalue weighted by Crippen LogP contribution is -1.97. The van der Waals surface area contributed by atoms with Crippen molar-refractivity contribution in [2.75, 3.05) is 0 Å². The molecule has 0 saturated heterocycles. The van der Waals surface area contributed by atoms with Gasteiger partial charge >= 0.3 is 0 Å². The largest absolute Gasteiger partial charge is 0.486 e. The van der Waals surface area contributed by atoms with Gasteiger partial charge in [-0.25, -0.2) is 4.98 Å². The fourth-order valence-electron chi connectivity index (χ4n) is 2.24. The molecule has 0 unspecified atom stereocenters. The van der Waals surface area contributed by atoms with Gasteiger partial charge in [-0.2, -0.15) is 4.98 Å². The van der Waals surface area contributed by atoms with Crippen molar-refractivity contribution in [2.45, 2.75) is 17.5 Å². The molecule has 0 spiro atoms. The van der Waals surface area contributed by atoms with Crippen molar-refractivity contribution < 1.29 is 9.26 Å². The molecule has 0 aliphatic carbocycles. The summed E-state index contributed by atoms with van der Waals surface area (Å²) in [4.78, 5) is 8.75. The maximum Gasteiger partial charge on any atom is 0.257 e. The molecule has 0 fully saturated rings. The summed E-state index contributed by atoms with van der Waals surface area (Å²) in [7, 11) is 0. The number of ether oxygens (including phenoxy) is 1. The number of benzene rings is 2. The number of aromatic amines is 1. The van der Waals surface area contributed by atoms with E-state index in [1.807, 2.05) is 12.1 Å². The molecule has 142 valence electrons. The first-order chi connectivity index (χ1) is 13.7. The highest BCUT2D eigenvalue weighted by Crippen LogP contribution is 2.23.